The van der Waals surface area contributed by atoms with Crippen LogP contribution in [0.3, 0.4) is 0 Å². The molecule has 0 saturated heterocycles. The van der Waals surface area contributed by atoms with Gasteiger partial charge in [-0.1, -0.05) is 29.3 Å². The predicted octanol–water partition coefficient (Wildman–Crippen LogP) is 3.68. The van der Waals surface area contributed by atoms with Gasteiger partial charge in [-0.15, -0.1) is 0 Å². The molecule has 25 heavy (non-hydrogen) atoms. The van der Waals surface area contributed by atoms with Crippen molar-refractivity contribution >= 4 is 50.5 Å². The van der Waals surface area contributed by atoms with Gasteiger partial charge in [0.05, 0.1) is 17.0 Å². The molecule has 0 radical (unpaired) electrons. The van der Waals surface area contributed by atoms with E-state index in [2.05, 4.69) is 0 Å². The lowest BCUT2D eigenvalue weighted by molar-refractivity contribution is -0.114. The molecule has 2 rings (SSSR count). The van der Waals surface area contributed by atoms with Gasteiger partial charge in [-0.05, 0) is 30.3 Å². The minimum Gasteiger partial charge on any atom is -0.320 e. The number of nitrogens with zero attached hydrogens (tertiary/aromatic N) is 1. The molecule has 0 aliphatic heterocycles. The second-order valence-corrected chi connectivity index (χ2v) is 7.76. The van der Waals surface area contributed by atoms with Crippen LogP contribution in [0.1, 0.15) is 0 Å². The van der Waals surface area contributed by atoms with Crippen LogP contribution in [0.2, 0.25) is 10.0 Å². The highest BCUT2D eigenvalue weighted by Crippen LogP contribution is 2.30. The molecule has 2 aromatic carbocycles. The van der Waals surface area contributed by atoms with Gasteiger partial charge in [0.2, 0.25) is 15.9 Å². The van der Waals surface area contributed by atoms with E-state index in [4.69, 9.17) is 23.2 Å². The van der Waals surface area contributed by atoms with Crippen LogP contribution in [0.5, 0.6) is 0 Å². The summed E-state index contributed by atoms with van der Waals surface area (Å²) in [5, 5.41) is 2.30. The van der Waals surface area contributed by atoms with Crippen molar-refractivity contribution in [2.45, 2.75) is 0 Å². The average molecular weight is 409 g/mol. The number of hydrogen-bond acceptors (Lipinski definition) is 3. The SMILES string of the molecule is CS(=O)(=O)N(CC(=O)Nc1c(F)cccc1F)c1ccc(Cl)cc1Cl. The molecule has 10 heteroatoms. The summed E-state index contributed by atoms with van der Waals surface area (Å²) >= 11 is 11.8. The van der Waals surface area contributed by atoms with Crippen molar-refractivity contribution in [2.75, 3.05) is 22.4 Å². The average Bonchev–Trinajstić information content (AvgIpc) is 2.48. The Balaban J connectivity index is 2.30. The van der Waals surface area contributed by atoms with E-state index >= 15 is 0 Å². The molecule has 0 spiro atoms. The van der Waals surface area contributed by atoms with Gasteiger partial charge in [0, 0.05) is 5.02 Å². The van der Waals surface area contributed by atoms with Gasteiger partial charge >= 0.3 is 0 Å². The predicted molar refractivity (Wildman–Crippen MR) is 93.6 cm³/mol. The minimum atomic E-state index is -3.90. The molecular weight excluding hydrogens is 397 g/mol. The normalized spacial score (nSPS) is 11.2. The van der Waals surface area contributed by atoms with Crippen LogP contribution >= 0.6 is 23.2 Å². The number of benzene rings is 2. The van der Waals surface area contributed by atoms with Crippen molar-refractivity contribution in [2.24, 2.45) is 0 Å². The maximum atomic E-state index is 13.6. The molecular formula is C15H12Cl2F2N2O3S. The molecule has 0 unspecified atom stereocenters. The molecule has 5 nitrogen and oxygen atoms in total. The van der Waals surface area contributed by atoms with E-state index in [-0.39, 0.29) is 15.7 Å². The van der Waals surface area contributed by atoms with E-state index in [9.17, 15) is 22.0 Å². The first-order valence-electron chi connectivity index (χ1n) is 6.76. The standard InChI is InChI=1S/C15H12Cl2F2N2O3S/c1-25(23,24)21(13-6-5-9(16)7-10(13)17)8-14(22)20-15-11(18)3-2-4-12(15)19/h2-7H,8H2,1H3,(H,20,22). The molecule has 0 atom stereocenters. The molecule has 1 N–H and O–H groups in total. The summed E-state index contributed by atoms with van der Waals surface area (Å²) < 4.78 is 51.9. The Morgan fingerprint density at radius 3 is 2.28 bits per heavy atom. The zero-order chi connectivity index (χ0) is 18.8. The summed E-state index contributed by atoms with van der Waals surface area (Å²) in [6.45, 7) is -0.728. The van der Waals surface area contributed by atoms with Gasteiger partial charge in [-0.3, -0.25) is 9.10 Å². The third-order valence-electron chi connectivity index (χ3n) is 3.09. The molecule has 0 aliphatic carbocycles. The topological polar surface area (TPSA) is 66.5 Å². The number of carbonyl (C=O) groups is 1. The fraction of sp³-hybridized carbons (Fsp3) is 0.133. The van der Waals surface area contributed by atoms with E-state index in [0.29, 0.717) is 4.31 Å². The summed E-state index contributed by atoms with van der Waals surface area (Å²) in [7, 11) is -3.90. The summed E-state index contributed by atoms with van der Waals surface area (Å²) in [6.07, 6.45) is 0.870. The fourth-order valence-electron chi connectivity index (χ4n) is 1.99. The van der Waals surface area contributed by atoms with E-state index in [0.717, 1.165) is 24.5 Å². The molecule has 1 amide bonds. The van der Waals surface area contributed by atoms with Gasteiger partial charge in [0.15, 0.2) is 0 Å². The summed E-state index contributed by atoms with van der Waals surface area (Å²) in [6, 6.07) is 7.09. The van der Waals surface area contributed by atoms with Crippen LogP contribution < -0.4 is 9.62 Å². The molecule has 0 aromatic heterocycles. The lowest BCUT2D eigenvalue weighted by atomic mass is 10.3. The Hall–Kier alpha value is -1.90. The molecule has 0 saturated carbocycles. The molecule has 0 fully saturated rings. The zero-order valence-corrected chi connectivity index (χ0v) is 15.1. The van der Waals surface area contributed by atoms with Crippen molar-refractivity contribution in [3.05, 3.63) is 58.1 Å². The molecule has 0 bridgehead atoms. The lowest BCUT2D eigenvalue weighted by Crippen LogP contribution is -2.37. The molecule has 0 heterocycles. The van der Waals surface area contributed by atoms with E-state index in [1.165, 1.54) is 18.2 Å². The second-order valence-electron chi connectivity index (χ2n) is 5.01. The first-order chi connectivity index (χ1) is 11.6. The van der Waals surface area contributed by atoms with Crippen LogP contribution in [0.25, 0.3) is 0 Å². The van der Waals surface area contributed by atoms with Gasteiger partial charge in [0.1, 0.15) is 23.9 Å². The Labute approximate surface area is 153 Å². The quantitative estimate of drug-likeness (QED) is 0.820. The number of rotatable bonds is 5. The minimum absolute atomic E-state index is 0.00259. The number of amides is 1. The maximum absolute atomic E-state index is 13.6. The fourth-order valence-corrected chi connectivity index (χ4v) is 3.42. The number of anilines is 2. The highest BCUT2D eigenvalue weighted by molar-refractivity contribution is 7.92. The zero-order valence-electron chi connectivity index (χ0n) is 12.8. The Morgan fingerprint density at radius 1 is 1.16 bits per heavy atom. The van der Waals surface area contributed by atoms with E-state index in [1.807, 2.05) is 5.32 Å². The number of carbonyl (C=O) groups excluding carboxylic acids is 1. The Kier molecular flexibility index (Phi) is 5.87. The molecule has 2 aromatic rings. The maximum Gasteiger partial charge on any atom is 0.245 e. The summed E-state index contributed by atoms with van der Waals surface area (Å²) in [5.74, 6) is -2.91. The number of nitrogens with one attached hydrogen (secondary N) is 1. The third-order valence-corrected chi connectivity index (χ3v) is 4.76. The lowest BCUT2D eigenvalue weighted by Gasteiger charge is -2.23. The first kappa shape index (κ1) is 19.4. The highest BCUT2D eigenvalue weighted by Gasteiger charge is 2.24. The molecule has 0 aliphatic rings. The number of para-hydroxylation sites is 1. The van der Waals surface area contributed by atoms with Crippen LogP contribution in [0.15, 0.2) is 36.4 Å². The van der Waals surface area contributed by atoms with Crippen LogP contribution in [0.4, 0.5) is 20.2 Å². The Bertz CT molecular complexity index is 903. The van der Waals surface area contributed by atoms with E-state index < -0.39 is 39.8 Å². The largest absolute Gasteiger partial charge is 0.320 e. The van der Waals surface area contributed by atoms with Crippen LogP contribution in [0, 0.1) is 11.6 Å². The van der Waals surface area contributed by atoms with Gasteiger partial charge in [-0.25, -0.2) is 17.2 Å². The van der Waals surface area contributed by atoms with Gasteiger partial charge in [-0.2, -0.15) is 0 Å². The highest BCUT2D eigenvalue weighted by atomic mass is 35.5. The van der Waals surface area contributed by atoms with Crippen LogP contribution in [-0.4, -0.2) is 27.1 Å². The summed E-state index contributed by atoms with van der Waals surface area (Å²) in [4.78, 5) is 12.1. The second kappa shape index (κ2) is 7.55. The van der Waals surface area contributed by atoms with E-state index in [1.54, 1.807) is 0 Å². The van der Waals surface area contributed by atoms with Crippen LogP contribution in [-0.2, 0) is 14.8 Å². The van der Waals surface area contributed by atoms with Gasteiger partial charge < -0.3 is 5.32 Å². The summed E-state index contributed by atoms with van der Waals surface area (Å²) in [5.41, 5.74) is -0.652. The van der Waals surface area contributed by atoms with Crippen molar-refractivity contribution in [3.63, 3.8) is 0 Å². The number of halogens is 4. The number of sulfonamides is 1. The first-order valence-corrected chi connectivity index (χ1v) is 9.36. The molecule has 134 valence electrons. The van der Waals surface area contributed by atoms with Crippen molar-refractivity contribution < 1.29 is 22.0 Å². The van der Waals surface area contributed by atoms with Crippen molar-refractivity contribution in [1.82, 2.24) is 0 Å². The number of hydrogen-bond donors (Lipinski definition) is 1. The third kappa shape index (κ3) is 4.81. The van der Waals surface area contributed by atoms with Crippen molar-refractivity contribution in [3.8, 4) is 0 Å². The van der Waals surface area contributed by atoms with Crippen molar-refractivity contribution in [1.29, 1.82) is 0 Å². The van der Waals surface area contributed by atoms with Gasteiger partial charge in [0.25, 0.3) is 0 Å². The smallest absolute Gasteiger partial charge is 0.245 e. The Morgan fingerprint density at radius 2 is 1.76 bits per heavy atom. The monoisotopic (exact) mass is 408 g/mol.